The Balaban J connectivity index is 1.95. The average molecular weight is 459 g/mol. The molecule has 0 saturated carbocycles. The lowest BCUT2D eigenvalue weighted by Gasteiger charge is -2.27. The zero-order valence-corrected chi connectivity index (χ0v) is 18.4. The van der Waals surface area contributed by atoms with Gasteiger partial charge in [0.2, 0.25) is 0 Å². The highest BCUT2D eigenvalue weighted by molar-refractivity contribution is 5.81. The van der Waals surface area contributed by atoms with Crippen LogP contribution in [0.5, 0.6) is 0 Å². The summed E-state index contributed by atoms with van der Waals surface area (Å²) in [4.78, 5) is 0. The fourth-order valence-electron chi connectivity index (χ4n) is 3.42. The molecule has 0 aliphatic carbocycles. The van der Waals surface area contributed by atoms with Crippen LogP contribution in [0.25, 0.3) is 11.3 Å². The molecular weight excluding hydrogens is 429 g/mol. The topological polar surface area (TPSA) is 86.2 Å². The van der Waals surface area contributed by atoms with E-state index in [1.165, 1.54) is 12.1 Å². The van der Waals surface area contributed by atoms with Crippen molar-refractivity contribution in [3.05, 3.63) is 89.5 Å². The molecule has 0 unspecified atom stereocenters. The first-order chi connectivity index (χ1) is 15.8. The molecule has 0 spiro atoms. The van der Waals surface area contributed by atoms with Crippen LogP contribution in [0.3, 0.4) is 0 Å². The second-order valence-corrected chi connectivity index (χ2v) is 7.43. The standard InChI is InChI=1S/C24H29F3N6/c1-3-13-29-21-11-7-5-8-17(21)16(2)31-22-15-19(23(33-32-22)30-14-12-28)18-9-4-6-10-20(18)24(25,26)27/h4-11,15,29-33H,2-3,12-14,28H2,1H3. The molecule has 1 aliphatic rings. The summed E-state index contributed by atoms with van der Waals surface area (Å²) in [5.74, 6) is 0.855. The van der Waals surface area contributed by atoms with E-state index in [2.05, 4.69) is 40.3 Å². The predicted molar refractivity (Wildman–Crippen MR) is 127 cm³/mol. The first kappa shape index (κ1) is 24.1. The van der Waals surface area contributed by atoms with Gasteiger partial charge in [0.05, 0.1) is 5.56 Å². The molecule has 0 radical (unpaired) electrons. The molecule has 2 aromatic rings. The largest absolute Gasteiger partial charge is 0.417 e. The summed E-state index contributed by atoms with van der Waals surface area (Å²) >= 11 is 0. The molecule has 176 valence electrons. The number of para-hydroxylation sites is 1. The monoisotopic (exact) mass is 458 g/mol. The van der Waals surface area contributed by atoms with Gasteiger partial charge in [0.1, 0.15) is 11.6 Å². The molecule has 7 N–H and O–H groups in total. The van der Waals surface area contributed by atoms with Gasteiger partial charge in [0, 0.05) is 42.2 Å². The molecule has 0 amide bonds. The van der Waals surface area contributed by atoms with Crippen molar-refractivity contribution in [2.24, 2.45) is 5.73 Å². The zero-order chi connectivity index (χ0) is 23.8. The minimum absolute atomic E-state index is 0.0495. The molecule has 1 heterocycles. The second kappa shape index (κ2) is 10.8. The molecule has 6 nitrogen and oxygen atoms in total. The molecule has 1 aliphatic heterocycles. The van der Waals surface area contributed by atoms with E-state index < -0.39 is 11.7 Å². The van der Waals surface area contributed by atoms with Crippen LogP contribution in [0.15, 0.2) is 72.8 Å². The van der Waals surface area contributed by atoms with E-state index in [4.69, 9.17) is 5.73 Å². The third kappa shape index (κ3) is 6.01. The Morgan fingerprint density at radius 3 is 2.45 bits per heavy atom. The van der Waals surface area contributed by atoms with Gasteiger partial charge in [-0.05, 0) is 30.2 Å². The van der Waals surface area contributed by atoms with Crippen molar-refractivity contribution in [2.45, 2.75) is 19.5 Å². The Kier molecular flexibility index (Phi) is 7.89. The first-order valence-corrected chi connectivity index (χ1v) is 10.7. The van der Waals surface area contributed by atoms with Crippen molar-refractivity contribution in [3.8, 4) is 0 Å². The van der Waals surface area contributed by atoms with Crippen LogP contribution < -0.4 is 32.5 Å². The number of allylic oxidation sites excluding steroid dienone is 2. The zero-order valence-electron chi connectivity index (χ0n) is 18.4. The van der Waals surface area contributed by atoms with Crippen molar-refractivity contribution in [1.82, 2.24) is 21.5 Å². The van der Waals surface area contributed by atoms with Crippen LogP contribution in [-0.4, -0.2) is 19.6 Å². The molecule has 33 heavy (non-hydrogen) atoms. The molecule has 2 aromatic carbocycles. The highest BCUT2D eigenvalue weighted by Gasteiger charge is 2.34. The van der Waals surface area contributed by atoms with Crippen LogP contribution in [0.4, 0.5) is 18.9 Å². The number of hydrogen-bond acceptors (Lipinski definition) is 6. The van der Waals surface area contributed by atoms with Crippen LogP contribution in [0.1, 0.15) is 30.0 Å². The minimum atomic E-state index is -4.50. The summed E-state index contributed by atoms with van der Waals surface area (Å²) in [6.07, 6.45) is -1.91. The van der Waals surface area contributed by atoms with Gasteiger partial charge in [-0.3, -0.25) is 10.9 Å². The highest BCUT2D eigenvalue weighted by atomic mass is 19.4. The van der Waals surface area contributed by atoms with E-state index in [1.807, 2.05) is 24.3 Å². The molecule has 0 aromatic heterocycles. The smallest absolute Gasteiger partial charge is 0.385 e. The normalized spacial score (nSPS) is 13.5. The van der Waals surface area contributed by atoms with Crippen molar-refractivity contribution < 1.29 is 13.2 Å². The van der Waals surface area contributed by atoms with Gasteiger partial charge >= 0.3 is 6.18 Å². The van der Waals surface area contributed by atoms with Crippen molar-refractivity contribution >= 4 is 17.0 Å². The molecule has 0 atom stereocenters. The van der Waals surface area contributed by atoms with Gasteiger partial charge in [-0.2, -0.15) is 13.2 Å². The predicted octanol–water partition coefficient (Wildman–Crippen LogP) is 3.95. The number of hydrazine groups is 1. The molecular formula is C24H29F3N6. The van der Waals surface area contributed by atoms with E-state index >= 15 is 0 Å². The number of halogens is 3. The summed E-state index contributed by atoms with van der Waals surface area (Å²) in [5.41, 5.74) is 13.6. The van der Waals surface area contributed by atoms with E-state index in [0.29, 0.717) is 36.0 Å². The van der Waals surface area contributed by atoms with E-state index in [0.717, 1.165) is 30.3 Å². The summed E-state index contributed by atoms with van der Waals surface area (Å²) in [6.45, 7) is 7.73. The van der Waals surface area contributed by atoms with E-state index in [1.54, 1.807) is 12.1 Å². The number of alkyl halides is 3. The Labute approximate surface area is 191 Å². The first-order valence-electron chi connectivity index (χ1n) is 10.7. The van der Waals surface area contributed by atoms with E-state index in [-0.39, 0.29) is 5.56 Å². The molecule has 0 bridgehead atoms. The number of nitrogens with two attached hydrogens (primary N) is 1. The van der Waals surface area contributed by atoms with Crippen molar-refractivity contribution in [1.29, 1.82) is 0 Å². The maximum absolute atomic E-state index is 13.7. The Bertz CT molecular complexity index is 1040. The lowest BCUT2D eigenvalue weighted by molar-refractivity contribution is -0.137. The lowest BCUT2D eigenvalue weighted by Crippen LogP contribution is -2.44. The lowest BCUT2D eigenvalue weighted by atomic mass is 9.98. The van der Waals surface area contributed by atoms with Gasteiger partial charge in [-0.15, -0.1) is 0 Å². The molecule has 0 saturated heterocycles. The number of hydrogen-bond donors (Lipinski definition) is 6. The number of benzene rings is 2. The molecule has 9 heteroatoms. The third-order valence-electron chi connectivity index (χ3n) is 4.95. The SMILES string of the molecule is C=C(NC1=CC(c2ccccc2C(F)(F)F)=C(NCCN)NN1)c1ccccc1NCCC. The van der Waals surface area contributed by atoms with Gasteiger partial charge < -0.3 is 21.7 Å². The van der Waals surface area contributed by atoms with Crippen LogP contribution >= 0.6 is 0 Å². The number of nitrogens with one attached hydrogen (secondary N) is 5. The van der Waals surface area contributed by atoms with Crippen molar-refractivity contribution in [3.63, 3.8) is 0 Å². The summed E-state index contributed by atoms with van der Waals surface area (Å²) in [7, 11) is 0. The fraction of sp³-hybridized carbons (Fsp3) is 0.250. The second-order valence-electron chi connectivity index (χ2n) is 7.43. The Morgan fingerprint density at radius 1 is 1.00 bits per heavy atom. The summed E-state index contributed by atoms with van der Waals surface area (Å²) in [6, 6.07) is 13.2. The van der Waals surface area contributed by atoms with Crippen LogP contribution in [-0.2, 0) is 6.18 Å². The average Bonchev–Trinajstić information content (AvgIpc) is 2.81. The summed E-state index contributed by atoms with van der Waals surface area (Å²) < 4.78 is 41.1. The van der Waals surface area contributed by atoms with Crippen LogP contribution in [0.2, 0.25) is 0 Å². The maximum Gasteiger partial charge on any atom is 0.417 e. The molecule has 3 rings (SSSR count). The van der Waals surface area contributed by atoms with Gasteiger partial charge in [0.25, 0.3) is 0 Å². The minimum Gasteiger partial charge on any atom is -0.385 e. The quantitative estimate of drug-likeness (QED) is 0.323. The maximum atomic E-state index is 13.7. The van der Waals surface area contributed by atoms with Gasteiger partial charge in [-0.1, -0.05) is 49.9 Å². The van der Waals surface area contributed by atoms with Crippen molar-refractivity contribution in [2.75, 3.05) is 25.0 Å². The van der Waals surface area contributed by atoms with Crippen LogP contribution in [0, 0.1) is 0 Å². The van der Waals surface area contributed by atoms with E-state index in [9.17, 15) is 13.2 Å². The number of rotatable bonds is 10. The van der Waals surface area contributed by atoms with Gasteiger partial charge in [0.15, 0.2) is 0 Å². The third-order valence-corrected chi connectivity index (χ3v) is 4.95. The molecule has 0 fully saturated rings. The van der Waals surface area contributed by atoms with Gasteiger partial charge in [-0.25, -0.2) is 0 Å². The Hall–Kier alpha value is -3.59. The highest BCUT2D eigenvalue weighted by Crippen LogP contribution is 2.36. The number of anilines is 1. The summed E-state index contributed by atoms with van der Waals surface area (Å²) in [5, 5.41) is 9.57. The fourth-order valence-corrected chi connectivity index (χ4v) is 3.42. The Morgan fingerprint density at radius 2 is 1.73 bits per heavy atom.